The largest absolute Gasteiger partial charge is 0.495 e. The summed E-state index contributed by atoms with van der Waals surface area (Å²) in [5.41, 5.74) is 9.24. The molecule has 0 aliphatic heterocycles. The van der Waals surface area contributed by atoms with E-state index in [2.05, 4.69) is 35.1 Å². The molecule has 17 heavy (non-hydrogen) atoms. The summed E-state index contributed by atoms with van der Waals surface area (Å²) in [6.07, 6.45) is 0. The summed E-state index contributed by atoms with van der Waals surface area (Å²) < 4.78 is 5.29. The molecule has 88 valence electrons. The molecule has 0 radical (unpaired) electrons. The number of ether oxygens (including phenoxy) is 1. The fourth-order valence-corrected chi connectivity index (χ4v) is 1.75. The Hall–Kier alpha value is -2.00. The maximum atomic E-state index is 5.29. The molecule has 3 heteroatoms. The summed E-state index contributed by atoms with van der Waals surface area (Å²) in [7, 11) is 3.49. The molecule has 0 amide bonds. The first-order valence-electron chi connectivity index (χ1n) is 5.51. The minimum Gasteiger partial charge on any atom is -0.495 e. The fourth-order valence-electron chi connectivity index (χ4n) is 1.75. The van der Waals surface area contributed by atoms with Crippen molar-refractivity contribution in [2.45, 2.75) is 0 Å². The minimum absolute atomic E-state index is 0.819. The van der Waals surface area contributed by atoms with Gasteiger partial charge in [-0.05, 0) is 23.3 Å². The molecule has 0 bridgehead atoms. The second-order valence-corrected chi connectivity index (χ2v) is 3.66. The van der Waals surface area contributed by atoms with Gasteiger partial charge in [0.1, 0.15) is 5.75 Å². The van der Waals surface area contributed by atoms with Gasteiger partial charge in [-0.25, -0.2) is 5.43 Å². The quantitative estimate of drug-likeness (QED) is 0.789. The third kappa shape index (κ3) is 2.57. The van der Waals surface area contributed by atoms with Gasteiger partial charge in [0.05, 0.1) is 12.8 Å². The predicted molar refractivity (Wildman–Crippen MR) is 71.1 cm³/mol. The van der Waals surface area contributed by atoms with Crippen LogP contribution in [0.3, 0.4) is 0 Å². The van der Waals surface area contributed by atoms with E-state index in [1.54, 1.807) is 7.11 Å². The molecule has 3 nitrogen and oxygen atoms in total. The Morgan fingerprint density at radius 3 is 2.35 bits per heavy atom. The van der Waals surface area contributed by atoms with Gasteiger partial charge in [-0.2, -0.15) is 0 Å². The molecule has 0 saturated carbocycles. The van der Waals surface area contributed by atoms with Gasteiger partial charge < -0.3 is 10.2 Å². The Balaban J connectivity index is 2.40. The SMILES string of the molecule is CNNc1cc(-c2ccccc2)ccc1OC. The summed E-state index contributed by atoms with van der Waals surface area (Å²) in [6, 6.07) is 16.3. The molecule has 0 atom stereocenters. The zero-order chi connectivity index (χ0) is 12.1. The van der Waals surface area contributed by atoms with Crippen molar-refractivity contribution in [3.05, 3.63) is 48.5 Å². The molecule has 0 saturated heterocycles. The van der Waals surface area contributed by atoms with Crippen LogP contribution in [-0.4, -0.2) is 14.2 Å². The number of methoxy groups -OCH3 is 1. The van der Waals surface area contributed by atoms with Crippen LogP contribution in [0.4, 0.5) is 5.69 Å². The molecule has 0 aliphatic carbocycles. The molecular formula is C14H16N2O. The average Bonchev–Trinajstić information content (AvgIpc) is 2.40. The van der Waals surface area contributed by atoms with Crippen molar-refractivity contribution in [3.63, 3.8) is 0 Å². The highest BCUT2D eigenvalue weighted by molar-refractivity contribution is 5.71. The highest BCUT2D eigenvalue weighted by Gasteiger charge is 2.04. The van der Waals surface area contributed by atoms with Gasteiger partial charge >= 0.3 is 0 Å². The van der Waals surface area contributed by atoms with E-state index in [0.29, 0.717) is 0 Å². The molecule has 0 spiro atoms. The monoisotopic (exact) mass is 228 g/mol. The molecule has 0 heterocycles. The van der Waals surface area contributed by atoms with Crippen molar-refractivity contribution in [2.24, 2.45) is 0 Å². The second-order valence-electron chi connectivity index (χ2n) is 3.66. The van der Waals surface area contributed by atoms with Crippen LogP contribution in [-0.2, 0) is 0 Å². The highest BCUT2D eigenvalue weighted by Crippen LogP contribution is 2.29. The van der Waals surface area contributed by atoms with E-state index in [-0.39, 0.29) is 0 Å². The van der Waals surface area contributed by atoms with Crippen molar-refractivity contribution >= 4 is 5.69 Å². The van der Waals surface area contributed by atoms with Gasteiger partial charge in [-0.1, -0.05) is 36.4 Å². The zero-order valence-electron chi connectivity index (χ0n) is 10.0. The summed E-state index contributed by atoms with van der Waals surface area (Å²) in [6.45, 7) is 0. The van der Waals surface area contributed by atoms with Crippen LogP contribution in [0.25, 0.3) is 11.1 Å². The molecule has 0 unspecified atom stereocenters. The first kappa shape index (κ1) is 11.5. The van der Waals surface area contributed by atoms with Crippen LogP contribution in [0.5, 0.6) is 5.75 Å². The van der Waals surface area contributed by atoms with E-state index in [9.17, 15) is 0 Å². The third-order valence-corrected chi connectivity index (χ3v) is 2.57. The second kappa shape index (κ2) is 5.37. The summed E-state index contributed by atoms with van der Waals surface area (Å²) in [5, 5.41) is 0. The smallest absolute Gasteiger partial charge is 0.143 e. The standard InChI is InChI=1S/C14H16N2O/c1-15-16-13-10-12(8-9-14(13)17-2)11-6-4-3-5-7-11/h3-10,15-16H,1-2H3. The molecule has 0 aromatic heterocycles. The van der Waals surface area contributed by atoms with Crippen molar-refractivity contribution in [1.82, 2.24) is 5.43 Å². The molecule has 2 N–H and O–H groups in total. The van der Waals surface area contributed by atoms with Crippen LogP contribution in [0.15, 0.2) is 48.5 Å². The summed E-state index contributed by atoms with van der Waals surface area (Å²) in [4.78, 5) is 0. The molecule has 2 rings (SSSR count). The van der Waals surface area contributed by atoms with E-state index in [0.717, 1.165) is 17.0 Å². The number of benzene rings is 2. The van der Waals surface area contributed by atoms with E-state index >= 15 is 0 Å². The number of rotatable bonds is 4. The number of nitrogens with one attached hydrogen (secondary N) is 2. The maximum Gasteiger partial charge on any atom is 0.143 e. The van der Waals surface area contributed by atoms with Gasteiger partial charge in [0.25, 0.3) is 0 Å². The van der Waals surface area contributed by atoms with Gasteiger partial charge in [0, 0.05) is 7.05 Å². The predicted octanol–water partition coefficient (Wildman–Crippen LogP) is 2.91. The van der Waals surface area contributed by atoms with Gasteiger partial charge in [0.2, 0.25) is 0 Å². The van der Waals surface area contributed by atoms with Gasteiger partial charge in [0.15, 0.2) is 0 Å². The Morgan fingerprint density at radius 1 is 0.941 bits per heavy atom. The number of hydrazine groups is 1. The zero-order valence-corrected chi connectivity index (χ0v) is 10.0. The van der Waals surface area contributed by atoms with Crippen LogP contribution >= 0.6 is 0 Å². The average molecular weight is 228 g/mol. The first-order chi connectivity index (χ1) is 8.35. The molecule has 2 aromatic carbocycles. The lowest BCUT2D eigenvalue weighted by molar-refractivity contribution is 0.416. The lowest BCUT2D eigenvalue weighted by Gasteiger charge is -2.12. The fraction of sp³-hybridized carbons (Fsp3) is 0.143. The lowest BCUT2D eigenvalue weighted by atomic mass is 10.1. The Morgan fingerprint density at radius 2 is 1.71 bits per heavy atom. The lowest BCUT2D eigenvalue weighted by Crippen LogP contribution is -2.15. The van der Waals surface area contributed by atoms with Crippen LogP contribution in [0.1, 0.15) is 0 Å². The maximum absolute atomic E-state index is 5.29. The van der Waals surface area contributed by atoms with Crippen molar-refractivity contribution in [3.8, 4) is 16.9 Å². The van der Waals surface area contributed by atoms with E-state index in [1.807, 2.05) is 31.3 Å². The number of hydrogen-bond donors (Lipinski definition) is 2. The topological polar surface area (TPSA) is 33.3 Å². The Labute approximate surface area is 101 Å². The van der Waals surface area contributed by atoms with Crippen LogP contribution < -0.4 is 15.6 Å². The van der Waals surface area contributed by atoms with Crippen molar-refractivity contribution in [2.75, 3.05) is 19.6 Å². The van der Waals surface area contributed by atoms with Crippen molar-refractivity contribution in [1.29, 1.82) is 0 Å². The van der Waals surface area contributed by atoms with E-state index < -0.39 is 0 Å². The van der Waals surface area contributed by atoms with Gasteiger partial charge in [-0.3, -0.25) is 0 Å². The summed E-state index contributed by atoms with van der Waals surface area (Å²) in [5.74, 6) is 0.819. The minimum atomic E-state index is 0.819. The number of anilines is 1. The van der Waals surface area contributed by atoms with E-state index in [1.165, 1.54) is 5.56 Å². The van der Waals surface area contributed by atoms with Crippen LogP contribution in [0, 0.1) is 0 Å². The molecule has 2 aromatic rings. The van der Waals surface area contributed by atoms with Gasteiger partial charge in [-0.15, -0.1) is 0 Å². The molecule has 0 aliphatic rings. The Bertz CT molecular complexity index is 483. The number of hydrogen-bond acceptors (Lipinski definition) is 3. The molecule has 0 fully saturated rings. The molecular weight excluding hydrogens is 212 g/mol. The van der Waals surface area contributed by atoms with E-state index in [4.69, 9.17) is 4.74 Å². The third-order valence-electron chi connectivity index (χ3n) is 2.57. The van der Waals surface area contributed by atoms with Crippen LogP contribution in [0.2, 0.25) is 0 Å². The first-order valence-corrected chi connectivity index (χ1v) is 5.51. The normalized spacial score (nSPS) is 10.0. The van der Waals surface area contributed by atoms with Crippen molar-refractivity contribution < 1.29 is 4.74 Å². The summed E-state index contributed by atoms with van der Waals surface area (Å²) >= 11 is 0. The highest BCUT2D eigenvalue weighted by atomic mass is 16.5. The Kier molecular flexibility index (Phi) is 3.62.